The Morgan fingerprint density at radius 3 is 1.31 bits per heavy atom. The van der Waals surface area contributed by atoms with Crippen molar-refractivity contribution in [2.45, 2.75) is 105 Å². The van der Waals surface area contributed by atoms with Gasteiger partial charge in [0.15, 0.2) is 0 Å². The van der Waals surface area contributed by atoms with Crippen LogP contribution in [0.25, 0.3) is 49.7 Å². The van der Waals surface area contributed by atoms with Gasteiger partial charge in [0.1, 0.15) is 0 Å². The number of hydrogen-bond donors (Lipinski definition) is 0. The van der Waals surface area contributed by atoms with Crippen LogP contribution in [0, 0.1) is 0 Å². The Hall–Kier alpha value is -5.38. The van der Waals surface area contributed by atoms with Crippen molar-refractivity contribution in [1.82, 2.24) is 4.57 Å². The summed E-state index contributed by atoms with van der Waals surface area (Å²) in [5.41, 5.74) is 16.7. The molecule has 0 aliphatic heterocycles. The van der Waals surface area contributed by atoms with E-state index < -0.39 is 0 Å². The summed E-state index contributed by atoms with van der Waals surface area (Å²) in [6.45, 7) is 27.7. The van der Waals surface area contributed by atoms with Crippen molar-refractivity contribution in [3.05, 3.63) is 178 Å². The maximum atomic E-state index is 3.99. The van der Waals surface area contributed by atoms with Crippen LogP contribution < -0.4 is 4.90 Å². The summed E-state index contributed by atoms with van der Waals surface area (Å²) in [7, 11) is 0. The van der Waals surface area contributed by atoms with Crippen molar-refractivity contribution in [2.75, 3.05) is 4.90 Å². The quantitative estimate of drug-likeness (QED) is 0.162. The lowest BCUT2D eigenvalue weighted by atomic mass is 9.81. The van der Waals surface area contributed by atoms with Crippen molar-refractivity contribution in [2.24, 2.45) is 0 Å². The lowest BCUT2D eigenvalue weighted by Gasteiger charge is -2.34. The molecule has 0 N–H and O–H groups in total. The molecule has 0 aliphatic rings. The Bertz CT molecular complexity index is 2760. The molecule has 0 radical (unpaired) electrons. The molecule has 8 aromatic rings. The second kappa shape index (κ2) is 15.5. The Morgan fingerprint density at radius 2 is 0.852 bits per heavy atom. The third kappa shape index (κ3) is 8.35. The van der Waals surface area contributed by atoms with Gasteiger partial charge in [0, 0.05) is 43.4 Å². The molecule has 0 saturated carbocycles. The van der Waals surface area contributed by atoms with Crippen molar-refractivity contribution < 1.29 is 0 Å². The number of anilines is 3. The highest BCUT2D eigenvalue weighted by atomic mass is 79.9. The summed E-state index contributed by atoms with van der Waals surface area (Å²) in [5.74, 6) is 0. The first-order valence-electron chi connectivity index (χ1n) is 21.8. The molecular weight excluding hydrogens is 805 g/mol. The minimum atomic E-state index is -0.0816. The Labute approximate surface area is 373 Å². The van der Waals surface area contributed by atoms with E-state index >= 15 is 0 Å². The molecule has 61 heavy (non-hydrogen) atoms. The molecule has 7 aromatic carbocycles. The second-order valence-corrected chi connectivity index (χ2v) is 21.9. The molecule has 310 valence electrons. The van der Waals surface area contributed by atoms with Crippen LogP contribution in [0.5, 0.6) is 0 Å². The van der Waals surface area contributed by atoms with Crippen molar-refractivity contribution in [3.63, 3.8) is 0 Å². The fourth-order valence-corrected chi connectivity index (χ4v) is 9.01. The molecule has 0 fully saturated rings. The molecular formula is C58H61BrN2. The van der Waals surface area contributed by atoms with Gasteiger partial charge in [-0.25, -0.2) is 0 Å². The number of rotatable bonds is 6. The van der Waals surface area contributed by atoms with Crippen LogP contribution in [0.3, 0.4) is 0 Å². The highest BCUT2D eigenvalue weighted by molar-refractivity contribution is 9.10. The highest BCUT2D eigenvalue weighted by Crippen LogP contribution is 2.50. The molecule has 0 saturated heterocycles. The van der Waals surface area contributed by atoms with Gasteiger partial charge in [0.05, 0.1) is 16.7 Å². The fourth-order valence-electron chi connectivity index (χ4n) is 8.53. The molecule has 0 spiro atoms. The van der Waals surface area contributed by atoms with Gasteiger partial charge >= 0.3 is 0 Å². The number of hydrogen-bond acceptors (Lipinski definition) is 1. The second-order valence-electron chi connectivity index (χ2n) is 21.0. The smallest absolute Gasteiger partial charge is 0.0618 e. The topological polar surface area (TPSA) is 8.17 Å². The summed E-state index contributed by atoms with van der Waals surface area (Å²) in [4.78, 5) is 2.52. The van der Waals surface area contributed by atoms with Gasteiger partial charge in [0.25, 0.3) is 0 Å². The number of fused-ring (bicyclic) bond motifs is 3. The molecule has 0 atom stereocenters. The molecule has 0 bridgehead atoms. The lowest BCUT2D eigenvalue weighted by Crippen LogP contribution is -2.18. The van der Waals surface area contributed by atoms with E-state index in [2.05, 4.69) is 260 Å². The molecule has 0 amide bonds. The molecule has 1 aromatic heterocycles. The minimum Gasteiger partial charge on any atom is -0.309 e. The monoisotopic (exact) mass is 864 g/mol. The van der Waals surface area contributed by atoms with Gasteiger partial charge in [-0.2, -0.15) is 0 Å². The van der Waals surface area contributed by atoms with Crippen LogP contribution in [0.2, 0.25) is 0 Å². The van der Waals surface area contributed by atoms with E-state index in [-0.39, 0.29) is 21.7 Å². The van der Waals surface area contributed by atoms with Crippen molar-refractivity contribution in [1.29, 1.82) is 0 Å². The van der Waals surface area contributed by atoms with Crippen LogP contribution in [0.1, 0.15) is 105 Å². The van der Waals surface area contributed by atoms with E-state index in [0.717, 1.165) is 27.2 Å². The zero-order chi connectivity index (χ0) is 43.6. The van der Waals surface area contributed by atoms with Crippen LogP contribution in [0.15, 0.2) is 156 Å². The van der Waals surface area contributed by atoms with Crippen molar-refractivity contribution >= 4 is 54.8 Å². The van der Waals surface area contributed by atoms with Crippen LogP contribution in [-0.4, -0.2) is 4.57 Å². The van der Waals surface area contributed by atoms with Gasteiger partial charge < -0.3 is 9.47 Å². The van der Waals surface area contributed by atoms with E-state index in [1.807, 2.05) is 0 Å². The number of halogens is 1. The summed E-state index contributed by atoms with van der Waals surface area (Å²) in [6.07, 6.45) is 0. The molecule has 0 unspecified atom stereocenters. The molecule has 1 heterocycles. The largest absolute Gasteiger partial charge is 0.309 e. The average molecular weight is 866 g/mol. The van der Waals surface area contributed by atoms with Crippen LogP contribution in [0.4, 0.5) is 17.1 Å². The average Bonchev–Trinajstić information content (AvgIpc) is 3.53. The molecule has 0 aliphatic carbocycles. The third-order valence-electron chi connectivity index (χ3n) is 12.2. The van der Waals surface area contributed by atoms with E-state index in [9.17, 15) is 0 Å². The van der Waals surface area contributed by atoms with Gasteiger partial charge in [-0.15, -0.1) is 0 Å². The van der Waals surface area contributed by atoms with Crippen LogP contribution in [-0.2, 0) is 21.7 Å². The van der Waals surface area contributed by atoms with E-state index in [0.29, 0.717) is 0 Å². The standard InChI is InChI=1S/C58H61BrN2/c1-55(2,3)40-26-28-52-50(32-40)51-33-41(56(4,5)6)27-29-53(51)61(52)46-25-19-24-45(37-46)60(47-31-42(57(7,8)9)30-44(59)36-47)54-48(38-20-15-13-16-21-38)34-43(58(10,11)12)35-49(54)39-22-17-14-18-23-39/h13-37H,1-12H3. The first-order valence-corrected chi connectivity index (χ1v) is 22.6. The Kier molecular flexibility index (Phi) is 10.8. The zero-order valence-corrected chi connectivity index (χ0v) is 39.8. The minimum absolute atomic E-state index is 0.0238. The summed E-state index contributed by atoms with van der Waals surface area (Å²) in [5, 5.41) is 2.57. The number of aromatic nitrogens is 1. The molecule has 8 rings (SSSR count). The van der Waals surface area contributed by atoms with Gasteiger partial charge in [-0.3, -0.25) is 0 Å². The predicted molar refractivity (Wildman–Crippen MR) is 269 cm³/mol. The summed E-state index contributed by atoms with van der Waals surface area (Å²) in [6, 6.07) is 57.1. The number of benzene rings is 7. The van der Waals surface area contributed by atoms with E-state index in [4.69, 9.17) is 0 Å². The van der Waals surface area contributed by atoms with E-state index in [1.165, 1.54) is 66.3 Å². The van der Waals surface area contributed by atoms with Gasteiger partial charge in [-0.05, 0) is 128 Å². The predicted octanol–water partition coefficient (Wildman–Crippen LogP) is 17.5. The third-order valence-corrected chi connectivity index (χ3v) is 12.7. The fraction of sp³-hybridized carbons (Fsp3) is 0.276. The SMILES string of the molecule is CC(C)(C)c1cc(Br)cc(N(c2cccc(-n3c4ccc(C(C)(C)C)cc4c4cc(C(C)(C)C)ccc43)c2)c2c(-c3ccccc3)cc(C(C)(C)C)cc2-c2ccccc2)c1. The summed E-state index contributed by atoms with van der Waals surface area (Å²) < 4.78 is 3.53. The van der Waals surface area contributed by atoms with E-state index in [1.54, 1.807) is 0 Å². The zero-order valence-electron chi connectivity index (χ0n) is 38.2. The molecule has 3 heteroatoms. The first-order chi connectivity index (χ1) is 28.7. The Morgan fingerprint density at radius 1 is 0.393 bits per heavy atom. The Balaban J connectivity index is 1.49. The first kappa shape index (κ1) is 42.3. The van der Waals surface area contributed by atoms with Crippen molar-refractivity contribution in [3.8, 4) is 27.9 Å². The maximum Gasteiger partial charge on any atom is 0.0618 e. The maximum absolute atomic E-state index is 3.99. The number of nitrogens with zero attached hydrogens (tertiary/aromatic N) is 2. The van der Waals surface area contributed by atoms with Crippen LogP contribution >= 0.6 is 15.9 Å². The van der Waals surface area contributed by atoms with Gasteiger partial charge in [0.2, 0.25) is 0 Å². The lowest BCUT2D eigenvalue weighted by molar-refractivity contribution is 0.589. The van der Waals surface area contributed by atoms with Gasteiger partial charge in [-0.1, -0.05) is 178 Å². The molecule has 2 nitrogen and oxygen atoms in total. The highest BCUT2D eigenvalue weighted by Gasteiger charge is 2.28. The normalized spacial score (nSPS) is 12.7. The summed E-state index contributed by atoms with van der Waals surface area (Å²) >= 11 is 3.99.